The van der Waals surface area contributed by atoms with Gasteiger partial charge in [0, 0.05) is 54.6 Å². The number of Topliss-reactive ketones (excluding diaryl/α,β-unsaturated/α-hetero) is 2. The Kier molecular flexibility index (Phi) is 11.2. The van der Waals surface area contributed by atoms with Gasteiger partial charge in [-0.05, 0) is 24.7 Å². The average Bonchev–Trinajstić information content (AvgIpc) is 3.25. The first kappa shape index (κ1) is 36.8. The Labute approximate surface area is 281 Å². The minimum absolute atomic E-state index is 0.128. The van der Waals surface area contributed by atoms with Crippen molar-refractivity contribution in [3.05, 3.63) is 48.6 Å². The first-order valence-electron chi connectivity index (χ1n) is 15.7. The number of hydrogen-bond donors (Lipinski definition) is 4. The summed E-state index contributed by atoms with van der Waals surface area (Å²) in [4.78, 5) is 89.2. The van der Waals surface area contributed by atoms with Gasteiger partial charge in [-0.3, -0.25) is 24.0 Å². The summed E-state index contributed by atoms with van der Waals surface area (Å²) in [5.41, 5.74) is -3.58. The summed E-state index contributed by atoms with van der Waals surface area (Å²) in [7, 11) is 0. The summed E-state index contributed by atoms with van der Waals surface area (Å²) in [5, 5.41) is 31.9. The van der Waals surface area contributed by atoms with Crippen LogP contribution in [0.2, 0.25) is 0 Å². The third kappa shape index (κ3) is 6.77. The minimum atomic E-state index is -2.25. The number of carboxylic acids is 2. The van der Waals surface area contributed by atoms with Gasteiger partial charge in [0.1, 0.15) is 12.1 Å². The van der Waals surface area contributed by atoms with Gasteiger partial charge in [0.2, 0.25) is 5.91 Å². The number of allylic oxidation sites excluding steroid dienone is 6. The number of fused-ring (bicyclic) bond motifs is 3. The van der Waals surface area contributed by atoms with Gasteiger partial charge < -0.3 is 30.1 Å². The molecule has 1 saturated heterocycles. The maximum Gasteiger partial charge on any atom is 0.328 e. The molecule has 2 saturated carbocycles. The molecule has 1 amide bonds. The number of carbonyl (C=O) groups excluding carboxylic acids is 5. The third-order valence-electron chi connectivity index (χ3n) is 10.2. The molecule has 3 fully saturated rings. The zero-order valence-electron chi connectivity index (χ0n) is 27.1. The van der Waals surface area contributed by atoms with E-state index in [9.17, 15) is 39.0 Å². The van der Waals surface area contributed by atoms with Crippen LogP contribution in [0.1, 0.15) is 40.5 Å². The second kappa shape index (κ2) is 14.6. The molecule has 11 atom stereocenters. The molecule has 0 bridgehead atoms. The molecular weight excluding hydrogens is 646 g/mol. The van der Waals surface area contributed by atoms with Gasteiger partial charge in [-0.25, -0.2) is 9.59 Å². The van der Waals surface area contributed by atoms with Crippen LogP contribution in [-0.4, -0.2) is 92.5 Å². The van der Waals surface area contributed by atoms with E-state index < -0.39 is 106 Å². The molecule has 0 aromatic carbocycles. The quantitative estimate of drug-likeness (QED) is 0.0805. The number of carboxylic acid groups (broad SMARTS) is 2. The number of ketones is 2. The summed E-state index contributed by atoms with van der Waals surface area (Å²) in [5.74, 6) is -9.15. The van der Waals surface area contributed by atoms with Crippen LogP contribution in [-0.2, 0) is 43.0 Å². The topological polar surface area (TPSA) is 211 Å². The lowest BCUT2D eigenvalue weighted by Gasteiger charge is -2.58. The molecule has 1 spiro atoms. The van der Waals surface area contributed by atoms with Crippen LogP contribution >= 0.6 is 11.8 Å². The molecule has 4 N–H and O–H groups in total. The van der Waals surface area contributed by atoms with Crippen LogP contribution in [0.25, 0.3) is 0 Å². The molecule has 4 rings (SSSR count). The van der Waals surface area contributed by atoms with Gasteiger partial charge in [0.25, 0.3) is 0 Å². The van der Waals surface area contributed by atoms with Crippen molar-refractivity contribution in [3.8, 4) is 0 Å². The molecular formula is C34H41NO12S. The predicted molar refractivity (Wildman–Crippen MR) is 171 cm³/mol. The number of rotatable bonds is 11. The van der Waals surface area contributed by atoms with E-state index in [0.717, 1.165) is 17.8 Å². The van der Waals surface area contributed by atoms with Crippen molar-refractivity contribution in [2.24, 2.45) is 40.4 Å². The number of aliphatic hydroxyl groups is 1. The average molecular weight is 688 g/mol. The van der Waals surface area contributed by atoms with E-state index in [0.29, 0.717) is 0 Å². The standard InChI is InChI=1S/C34H41NO12S/c1-17-25(46-19(3)37)14-23-22(28(17)40)12-11-20-13-21(9-7-5-6-8-10-27(38)39)34(31(44)33(20,23)4)29(41)26(47-32(34)45)16-48-15-24(30(42)43)35-18(2)36/h5-12,17,20-26,28,40H,13-16H2,1-4H3,(H,35,36)(H,38,39)(H,42,43)/b6-5+,9-7+,10-8+/t17-,20-,21+,22+,23-,24+,25+,26?,28+,33-,34-/m0/s1. The normalized spacial score (nSPS) is 36.6. The molecule has 4 aliphatic rings. The van der Waals surface area contributed by atoms with Crippen LogP contribution in [0.4, 0.5) is 0 Å². The summed E-state index contributed by atoms with van der Waals surface area (Å²) in [6.07, 6.45) is 9.35. The Bertz CT molecular complexity index is 1480. The van der Waals surface area contributed by atoms with E-state index in [4.69, 9.17) is 14.6 Å². The molecule has 260 valence electrons. The van der Waals surface area contributed by atoms with Gasteiger partial charge in [-0.2, -0.15) is 11.8 Å². The van der Waals surface area contributed by atoms with Crippen molar-refractivity contribution >= 4 is 53.1 Å². The van der Waals surface area contributed by atoms with Gasteiger partial charge >= 0.3 is 23.9 Å². The SMILES string of the molecule is CC(=O)N[C@H](CSCC1OC(=O)[C@@]2(C1=O)C(=O)[C@@]1(C)[C@@H](C=C[C@H]3[C@H](O)[C@@H](C)[C@H](OC(C)=O)C[C@@H]31)C[C@H]2/C=C/C=C/C=C/C(=O)O)C(=O)O. The monoisotopic (exact) mass is 687 g/mol. The van der Waals surface area contributed by atoms with Crippen molar-refractivity contribution in [1.82, 2.24) is 5.32 Å². The van der Waals surface area contributed by atoms with Crippen LogP contribution in [0.5, 0.6) is 0 Å². The summed E-state index contributed by atoms with van der Waals surface area (Å²) >= 11 is 0.978. The van der Waals surface area contributed by atoms with Gasteiger partial charge in [-0.15, -0.1) is 0 Å². The van der Waals surface area contributed by atoms with Crippen LogP contribution in [0.3, 0.4) is 0 Å². The van der Waals surface area contributed by atoms with E-state index in [2.05, 4.69) is 5.32 Å². The second-order valence-electron chi connectivity index (χ2n) is 13.0. The number of thioether (sulfide) groups is 1. The molecule has 1 unspecified atom stereocenters. The largest absolute Gasteiger partial charge is 0.480 e. The van der Waals surface area contributed by atoms with Crippen molar-refractivity contribution in [1.29, 1.82) is 0 Å². The Morgan fingerprint density at radius 1 is 1.08 bits per heavy atom. The molecule has 3 aliphatic carbocycles. The number of nitrogens with one attached hydrogen (secondary N) is 1. The van der Waals surface area contributed by atoms with Crippen molar-refractivity contribution in [2.75, 3.05) is 11.5 Å². The summed E-state index contributed by atoms with van der Waals surface area (Å²) < 4.78 is 11.2. The second-order valence-corrected chi connectivity index (χ2v) is 14.1. The fourth-order valence-electron chi connectivity index (χ4n) is 7.81. The first-order valence-corrected chi connectivity index (χ1v) is 16.9. The number of aliphatic carboxylic acids is 2. The number of carbonyl (C=O) groups is 7. The van der Waals surface area contributed by atoms with Crippen LogP contribution < -0.4 is 5.32 Å². The number of cyclic esters (lactones) is 1. The smallest absolute Gasteiger partial charge is 0.328 e. The van der Waals surface area contributed by atoms with E-state index >= 15 is 4.79 Å². The lowest BCUT2D eigenvalue weighted by Crippen LogP contribution is -2.66. The summed E-state index contributed by atoms with van der Waals surface area (Å²) in [6, 6.07) is -1.25. The third-order valence-corrected chi connectivity index (χ3v) is 11.3. The lowest BCUT2D eigenvalue weighted by molar-refractivity contribution is -0.180. The van der Waals surface area contributed by atoms with Crippen molar-refractivity contribution < 1.29 is 58.4 Å². The summed E-state index contributed by atoms with van der Waals surface area (Å²) in [6.45, 7) is 5.90. The van der Waals surface area contributed by atoms with Gasteiger partial charge in [0.15, 0.2) is 23.1 Å². The number of hydrogen-bond acceptors (Lipinski definition) is 11. The maximum atomic E-state index is 15.1. The van der Waals surface area contributed by atoms with E-state index in [1.165, 1.54) is 38.2 Å². The number of amides is 1. The maximum absolute atomic E-state index is 15.1. The zero-order valence-corrected chi connectivity index (χ0v) is 27.9. The Balaban J connectivity index is 1.72. The van der Waals surface area contributed by atoms with Gasteiger partial charge in [-0.1, -0.05) is 56.4 Å². The molecule has 1 aliphatic heterocycles. The molecule has 0 aromatic heterocycles. The first-order chi connectivity index (χ1) is 22.6. The van der Waals surface area contributed by atoms with E-state index in [1.54, 1.807) is 19.9 Å². The van der Waals surface area contributed by atoms with Crippen molar-refractivity contribution in [2.45, 2.75) is 64.9 Å². The fourth-order valence-corrected chi connectivity index (χ4v) is 8.84. The highest BCUT2D eigenvalue weighted by Gasteiger charge is 2.74. The number of esters is 2. The minimum Gasteiger partial charge on any atom is -0.480 e. The van der Waals surface area contributed by atoms with Crippen molar-refractivity contribution in [3.63, 3.8) is 0 Å². The number of aliphatic hydroxyl groups excluding tert-OH is 1. The number of ether oxygens (including phenoxy) is 2. The molecule has 48 heavy (non-hydrogen) atoms. The molecule has 0 radical (unpaired) electrons. The van der Waals surface area contributed by atoms with E-state index in [1.807, 2.05) is 12.2 Å². The highest BCUT2D eigenvalue weighted by Crippen LogP contribution is 2.62. The Morgan fingerprint density at radius 2 is 1.77 bits per heavy atom. The predicted octanol–water partition coefficient (Wildman–Crippen LogP) is 1.89. The Morgan fingerprint density at radius 3 is 2.40 bits per heavy atom. The molecule has 1 heterocycles. The molecule has 13 nitrogen and oxygen atoms in total. The van der Waals surface area contributed by atoms with Gasteiger partial charge in [0.05, 0.1) is 6.10 Å². The van der Waals surface area contributed by atoms with Crippen LogP contribution in [0.15, 0.2) is 48.6 Å². The highest BCUT2D eigenvalue weighted by atomic mass is 32.2. The Hall–Kier alpha value is -4.04. The fraction of sp³-hybridized carbons (Fsp3) is 0.559. The van der Waals surface area contributed by atoms with E-state index in [-0.39, 0.29) is 24.3 Å². The molecule has 14 heteroatoms. The zero-order chi connectivity index (χ0) is 35.6. The lowest BCUT2D eigenvalue weighted by atomic mass is 9.43. The van der Waals surface area contributed by atoms with Crippen LogP contribution in [0, 0.1) is 40.4 Å². The highest BCUT2D eigenvalue weighted by molar-refractivity contribution is 7.99. The molecule has 0 aromatic rings.